The van der Waals surface area contributed by atoms with E-state index in [9.17, 15) is 31.9 Å². The summed E-state index contributed by atoms with van der Waals surface area (Å²) in [5.74, 6) is -2.78. The fraction of sp³-hybridized carbons (Fsp3) is 0.235. The minimum absolute atomic E-state index is 0.0357. The smallest absolute Gasteiger partial charge is 0.423 e. The predicted octanol–water partition coefficient (Wildman–Crippen LogP) is 3.07. The fourth-order valence-corrected chi connectivity index (χ4v) is 2.64. The number of aromatic nitrogens is 1. The van der Waals surface area contributed by atoms with Gasteiger partial charge in [-0.15, -0.1) is 0 Å². The van der Waals surface area contributed by atoms with Gasteiger partial charge >= 0.3 is 18.2 Å². The Morgan fingerprint density at radius 2 is 1.93 bits per heavy atom. The van der Waals surface area contributed by atoms with Crippen LogP contribution < -0.4 is 9.64 Å². The van der Waals surface area contributed by atoms with E-state index in [1.807, 2.05) is 0 Å². The molecule has 2 aromatic rings. The number of carbonyl (C=O) groups is 1. The molecule has 1 aromatic carbocycles. The van der Waals surface area contributed by atoms with Gasteiger partial charge in [0.25, 0.3) is 0 Å². The van der Waals surface area contributed by atoms with Gasteiger partial charge in [0.05, 0.1) is 17.9 Å². The Kier molecular flexibility index (Phi) is 4.68. The Morgan fingerprint density at radius 1 is 1.25 bits per heavy atom. The Bertz CT molecular complexity index is 971. The number of fused-ring (bicyclic) bond motifs is 1. The number of hydrogen-bond acceptors (Lipinski definition) is 5. The molecular weight excluding hydrogens is 389 g/mol. The van der Waals surface area contributed by atoms with Crippen molar-refractivity contribution in [1.82, 2.24) is 4.98 Å². The highest BCUT2D eigenvalue weighted by atomic mass is 19.4. The molecule has 0 aliphatic carbocycles. The van der Waals surface area contributed by atoms with Crippen molar-refractivity contribution in [3.05, 3.63) is 53.3 Å². The van der Waals surface area contributed by atoms with Crippen molar-refractivity contribution in [1.29, 1.82) is 5.26 Å². The van der Waals surface area contributed by atoms with E-state index in [2.05, 4.69) is 9.72 Å². The number of nitrogens with zero attached hydrogens (tertiary/aromatic N) is 3. The van der Waals surface area contributed by atoms with E-state index in [1.165, 1.54) is 18.2 Å². The van der Waals surface area contributed by atoms with Crippen molar-refractivity contribution in [3.63, 3.8) is 0 Å². The second kappa shape index (κ2) is 6.72. The first-order valence-corrected chi connectivity index (χ1v) is 7.67. The maximum atomic E-state index is 14.1. The van der Waals surface area contributed by atoms with E-state index in [1.54, 1.807) is 6.07 Å². The average Bonchev–Trinajstić information content (AvgIpc) is 2.63. The van der Waals surface area contributed by atoms with Gasteiger partial charge in [0, 0.05) is 5.56 Å². The van der Waals surface area contributed by atoms with E-state index in [-0.39, 0.29) is 17.1 Å². The number of anilines is 1. The highest BCUT2D eigenvalue weighted by Crippen LogP contribution is 2.47. The zero-order chi connectivity index (χ0) is 20.7. The Labute approximate surface area is 154 Å². The molecule has 0 spiro atoms. The third-order valence-corrected chi connectivity index (χ3v) is 3.89. The number of halogens is 5. The first-order chi connectivity index (χ1) is 13.0. The summed E-state index contributed by atoms with van der Waals surface area (Å²) in [6, 6.07) is 8.81. The zero-order valence-corrected chi connectivity index (χ0v) is 13.7. The van der Waals surface area contributed by atoms with Crippen LogP contribution in [0.2, 0.25) is 0 Å². The summed E-state index contributed by atoms with van der Waals surface area (Å²) in [5.41, 5.74) is -1.33. The highest BCUT2D eigenvalue weighted by molar-refractivity contribution is 6.01. The summed E-state index contributed by atoms with van der Waals surface area (Å²) < 4.78 is 71.0. The molecule has 0 bridgehead atoms. The number of benzene rings is 1. The molecule has 1 aliphatic rings. The molecule has 3 rings (SSSR count). The lowest BCUT2D eigenvalue weighted by Crippen LogP contribution is -2.50. The van der Waals surface area contributed by atoms with Crippen molar-refractivity contribution in [2.24, 2.45) is 0 Å². The molecule has 0 saturated heterocycles. The molecule has 1 amide bonds. The van der Waals surface area contributed by atoms with Crippen molar-refractivity contribution >= 4 is 11.6 Å². The first-order valence-electron chi connectivity index (χ1n) is 7.67. The molecule has 11 heteroatoms. The lowest BCUT2D eigenvalue weighted by molar-refractivity contribution is -0.211. The molecule has 1 N–H and O–H groups in total. The highest BCUT2D eigenvalue weighted by Gasteiger charge is 2.53. The molecule has 0 saturated carbocycles. The molecule has 1 unspecified atom stereocenters. The van der Waals surface area contributed by atoms with Crippen LogP contribution in [-0.4, -0.2) is 28.3 Å². The third-order valence-electron chi connectivity index (χ3n) is 3.89. The maximum absolute atomic E-state index is 14.1. The van der Waals surface area contributed by atoms with E-state index in [4.69, 9.17) is 5.26 Å². The maximum Gasteiger partial charge on any atom is 0.483 e. The Balaban J connectivity index is 2.10. The van der Waals surface area contributed by atoms with E-state index >= 15 is 0 Å². The number of hydrogen-bond donors (Lipinski definition) is 1. The number of aliphatic hydroxyl groups excluding tert-OH is 1. The lowest BCUT2D eigenvalue weighted by Gasteiger charge is -2.35. The van der Waals surface area contributed by atoms with Gasteiger partial charge < -0.3 is 9.84 Å². The average molecular weight is 399 g/mol. The van der Waals surface area contributed by atoms with Crippen LogP contribution in [0.5, 0.6) is 5.75 Å². The number of pyridine rings is 1. The second-order valence-electron chi connectivity index (χ2n) is 5.78. The van der Waals surface area contributed by atoms with Crippen LogP contribution in [0.3, 0.4) is 0 Å². The minimum atomic E-state index is -5.14. The van der Waals surface area contributed by atoms with Gasteiger partial charge in [-0.25, -0.2) is 4.98 Å². The summed E-state index contributed by atoms with van der Waals surface area (Å²) in [6.45, 7) is -0.550. The van der Waals surface area contributed by atoms with Crippen LogP contribution in [0, 0.1) is 11.3 Å². The monoisotopic (exact) mass is 399 g/mol. The van der Waals surface area contributed by atoms with Gasteiger partial charge in [-0.3, -0.25) is 9.69 Å². The molecule has 28 heavy (non-hydrogen) atoms. The molecule has 0 fully saturated rings. The minimum Gasteiger partial charge on any atom is -0.423 e. The number of alkyl halides is 5. The molecule has 2 heterocycles. The number of para-hydroxylation sites is 1. The summed E-state index contributed by atoms with van der Waals surface area (Å²) in [5, 5.41) is 18.4. The van der Waals surface area contributed by atoms with Gasteiger partial charge in [-0.1, -0.05) is 18.2 Å². The molecular formula is C17H10F5N3O3. The van der Waals surface area contributed by atoms with Crippen molar-refractivity contribution in [2.45, 2.75) is 24.9 Å². The van der Waals surface area contributed by atoms with Crippen molar-refractivity contribution < 1.29 is 36.6 Å². The van der Waals surface area contributed by atoms with Crippen molar-refractivity contribution in [2.75, 3.05) is 4.90 Å². The van der Waals surface area contributed by atoms with Crippen LogP contribution in [0.4, 0.5) is 27.6 Å². The summed E-state index contributed by atoms with van der Waals surface area (Å²) >= 11 is 0. The SMILES string of the molecule is N#Cc1cccc(CN2C(=O)C(F)(F)Oc3c(C(O)C(F)(F)F)cccc32)n1. The predicted molar refractivity (Wildman–Crippen MR) is 83.2 cm³/mol. The quantitative estimate of drug-likeness (QED) is 0.802. The topological polar surface area (TPSA) is 86.5 Å². The second-order valence-corrected chi connectivity index (χ2v) is 5.78. The Morgan fingerprint density at radius 3 is 2.57 bits per heavy atom. The van der Waals surface area contributed by atoms with E-state index in [0.717, 1.165) is 18.2 Å². The van der Waals surface area contributed by atoms with E-state index in [0.29, 0.717) is 4.90 Å². The number of rotatable bonds is 3. The number of amides is 1. The normalized spacial score (nSPS) is 16.8. The standard InChI is InChI=1S/C17H10F5N3O3/c18-16(19,20)14(26)11-5-2-6-12-13(11)28-17(21,22)15(27)25(12)8-10-4-1-3-9(7-23)24-10/h1-6,14,26H,8H2. The molecule has 146 valence electrons. The lowest BCUT2D eigenvalue weighted by atomic mass is 10.0. The molecule has 1 aliphatic heterocycles. The largest absolute Gasteiger partial charge is 0.483 e. The first kappa shape index (κ1) is 19.5. The zero-order valence-electron chi connectivity index (χ0n) is 13.7. The van der Waals surface area contributed by atoms with Crippen LogP contribution in [-0.2, 0) is 11.3 Å². The van der Waals surface area contributed by atoms with Crippen LogP contribution >= 0.6 is 0 Å². The molecule has 6 nitrogen and oxygen atoms in total. The number of carbonyl (C=O) groups excluding carboxylic acids is 1. The molecule has 1 aromatic heterocycles. The summed E-state index contributed by atoms with van der Waals surface area (Å²) in [6.07, 6.45) is -12.7. The molecule has 1 atom stereocenters. The van der Waals surface area contributed by atoms with Crippen molar-refractivity contribution in [3.8, 4) is 11.8 Å². The number of aliphatic hydroxyl groups is 1. The van der Waals surface area contributed by atoms with Gasteiger partial charge in [-0.2, -0.15) is 27.2 Å². The van der Waals surface area contributed by atoms with Crippen LogP contribution in [0.25, 0.3) is 0 Å². The Hall–Kier alpha value is -3.26. The van der Waals surface area contributed by atoms with Gasteiger partial charge in [0.15, 0.2) is 11.9 Å². The van der Waals surface area contributed by atoms with Gasteiger partial charge in [0.1, 0.15) is 11.8 Å². The third kappa shape index (κ3) is 3.46. The summed E-state index contributed by atoms with van der Waals surface area (Å²) in [4.78, 5) is 16.5. The van der Waals surface area contributed by atoms with Gasteiger partial charge in [0.2, 0.25) is 0 Å². The fourth-order valence-electron chi connectivity index (χ4n) is 2.64. The number of nitriles is 1. The van der Waals surface area contributed by atoms with Gasteiger partial charge in [-0.05, 0) is 18.2 Å². The number of ether oxygens (including phenoxy) is 1. The van der Waals surface area contributed by atoms with E-state index < -0.39 is 42.2 Å². The summed E-state index contributed by atoms with van der Waals surface area (Å²) in [7, 11) is 0. The van der Waals surface area contributed by atoms with Crippen LogP contribution in [0.15, 0.2) is 36.4 Å². The van der Waals surface area contributed by atoms with Crippen LogP contribution in [0.1, 0.15) is 23.1 Å². The molecule has 0 radical (unpaired) electrons.